The van der Waals surface area contributed by atoms with Crippen LogP contribution in [-0.4, -0.2) is 53.6 Å². The summed E-state index contributed by atoms with van der Waals surface area (Å²) < 4.78 is 27.7. The van der Waals surface area contributed by atoms with E-state index in [1.54, 1.807) is 17.0 Å². The Balaban J connectivity index is 1.79. The number of carbonyl (C=O) groups excluding carboxylic acids is 1. The minimum atomic E-state index is -0.419. The Morgan fingerprint density at radius 3 is 2.56 bits per heavy atom. The smallest absolute Gasteiger partial charge is 0.261 e. The second kappa shape index (κ2) is 9.15. The van der Waals surface area contributed by atoms with Crippen LogP contribution in [0.3, 0.4) is 0 Å². The molecule has 0 saturated carbocycles. The molecule has 0 bridgehead atoms. The van der Waals surface area contributed by atoms with Crippen LogP contribution in [0.1, 0.15) is 15.9 Å². The predicted molar refractivity (Wildman–Crippen MR) is 128 cm³/mol. The first kappa shape index (κ1) is 21.9. The fourth-order valence-corrected chi connectivity index (χ4v) is 4.17. The molecule has 0 unspecified atom stereocenters. The van der Waals surface area contributed by atoms with Crippen LogP contribution >= 0.6 is 0 Å². The van der Waals surface area contributed by atoms with Crippen molar-refractivity contribution >= 4 is 16.9 Å². The van der Waals surface area contributed by atoms with Gasteiger partial charge in [0, 0.05) is 44.0 Å². The van der Waals surface area contributed by atoms with Gasteiger partial charge < -0.3 is 19.7 Å². The highest BCUT2D eigenvalue weighted by Gasteiger charge is 2.31. The SMILES string of the molecule is COc1ccc2c(n1)c(C(=O)N1CCNCC1)c(Oc1cc(F)ccc1C)n2-c1ccccc1. The molecular weight excluding hydrogens is 435 g/mol. The van der Waals surface area contributed by atoms with Gasteiger partial charge >= 0.3 is 0 Å². The first-order chi connectivity index (χ1) is 16.6. The molecular formula is C26H25FN4O3. The lowest BCUT2D eigenvalue weighted by atomic mass is 10.2. The van der Waals surface area contributed by atoms with E-state index >= 15 is 0 Å². The number of ether oxygens (including phenoxy) is 2. The number of rotatable bonds is 5. The number of amides is 1. The highest BCUT2D eigenvalue weighted by molar-refractivity contribution is 6.09. The summed E-state index contributed by atoms with van der Waals surface area (Å²) in [5.41, 5.74) is 3.02. The van der Waals surface area contributed by atoms with Crippen LogP contribution in [-0.2, 0) is 0 Å². The van der Waals surface area contributed by atoms with Crippen molar-refractivity contribution < 1.29 is 18.7 Å². The van der Waals surface area contributed by atoms with Gasteiger partial charge in [0.2, 0.25) is 11.8 Å². The van der Waals surface area contributed by atoms with Crippen molar-refractivity contribution in [2.45, 2.75) is 6.92 Å². The number of hydrogen-bond donors (Lipinski definition) is 1. The van der Waals surface area contributed by atoms with Crippen molar-refractivity contribution in [3.8, 4) is 23.2 Å². The monoisotopic (exact) mass is 460 g/mol. The minimum Gasteiger partial charge on any atom is -0.481 e. The molecule has 1 fully saturated rings. The third-order valence-electron chi connectivity index (χ3n) is 5.94. The van der Waals surface area contributed by atoms with Gasteiger partial charge in [0.1, 0.15) is 22.6 Å². The van der Waals surface area contributed by atoms with Crippen LogP contribution in [0.5, 0.6) is 17.5 Å². The van der Waals surface area contributed by atoms with Gasteiger partial charge in [-0.2, -0.15) is 0 Å². The number of hydrogen-bond acceptors (Lipinski definition) is 5. The molecule has 0 aliphatic carbocycles. The van der Waals surface area contributed by atoms with E-state index in [2.05, 4.69) is 10.3 Å². The maximum Gasteiger partial charge on any atom is 0.261 e. The highest BCUT2D eigenvalue weighted by Crippen LogP contribution is 2.39. The van der Waals surface area contributed by atoms with Crippen LogP contribution in [0.25, 0.3) is 16.7 Å². The number of nitrogens with zero attached hydrogens (tertiary/aromatic N) is 3. The van der Waals surface area contributed by atoms with Gasteiger partial charge in [0.15, 0.2) is 0 Å². The molecule has 7 nitrogen and oxygen atoms in total. The van der Waals surface area contributed by atoms with Crippen LogP contribution in [0.2, 0.25) is 0 Å². The number of nitrogens with one attached hydrogen (secondary N) is 1. The van der Waals surface area contributed by atoms with Crippen molar-refractivity contribution in [2.24, 2.45) is 0 Å². The molecule has 1 aliphatic rings. The molecule has 2 aromatic heterocycles. The molecule has 1 saturated heterocycles. The number of methoxy groups -OCH3 is 1. The van der Waals surface area contributed by atoms with Crippen LogP contribution in [0.15, 0.2) is 60.7 Å². The Hall–Kier alpha value is -3.91. The topological polar surface area (TPSA) is 68.6 Å². The second-order valence-electron chi connectivity index (χ2n) is 8.13. The summed E-state index contributed by atoms with van der Waals surface area (Å²) in [7, 11) is 1.54. The zero-order valence-corrected chi connectivity index (χ0v) is 19.0. The lowest BCUT2D eigenvalue weighted by molar-refractivity contribution is 0.0734. The molecule has 5 rings (SSSR count). The van der Waals surface area contributed by atoms with E-state index in [0.29, 0.717) is 60.3 Å². The molecule has 0 radical (unpaired) electrons. The van der Waals surface area contributed by atoms with Crippen LogP contribution < -0.4 is 14.8 Å². The second-order valence-corrected chi connectivity index (χ2v) is 8.13. The van der Waals surface area contributed by atoms with Gasteiger partial charge in [-0.25, -0.2) is 9.37 Å². The molecule has 4 aromatic rings. The molecule has 1 N–H and O–H groups in total. The summed E-state index contributed by atoms with van der Waals surface area (Å²) >= 11 is 0. The first-order valence-electron chi connectivity index (χ1n) is 11.2. The Morgan fingerprint density at radius 2 is 1.82 bits per heavy atom. The minimum absolute atomic E-state index is 0.189. The number of carbonyl (C=O) groups is 1. The van der Waals surface area contributed by atoms with E-state index < -0.39 is 5.82 Å². The van der Waals surface area contributed by atoms with E-state index in [4.69, 9.17) is 9.47 Å². The fraction of sp³-hybridized carbons (Fsp3) is 0.231. The highest BCUT2D eigenvalue weighted by atomic mass is 19.1. The number of benzene rings is 2. The van der Waals surface area contributed by atoms with E-state index in [1.807, 2.05) is 47.9 Å². The number of pyridine rings is 1. The number of fused-ring (bicyclic) bond motifs is 1. The lowest BCUT2D eigenvalue weighted by Gasteiger charge is -2.27. The molecule has 8 heteroatoms. The molecule has 0 spiro atoms. The summed E-state index contributed by atoms with van der Waals surface area (Å²) in [5.74, 6) is 0.407. The average molecular weight is 461 g/mol. The number of para-hydroxylation sites is 1. The van der Waals surface area contributed by atoms with Crippen molar-refractivity contribution in [3.05, 3.63) is 77.6 Å². The standard InChI is InChI=1S/C26H25FN4O3/c1-17-8-9-18(27)16-21(17)34-26-23(25(32)30-14-12-28-13-15-30)24-20(10-11-22(29-24)33-2)31(26)19-6-4-3-5-7-19/h3-11,16,28H,12-15H2,1-2H3. The maximum absolute atomic E-state index is 14.1. The molecule has 174 valence electrons. The lowest BCUT2D eigenvalue weighted by Crippen LogP contribution is -2.46. The molecule has 2 aromatic carbocycles. The zero-order valence-electron chi connectivity index (χ0n) is 19.0. The molecule has 3 heterocycles. The third-order valence-corrected chi connectivity index (χ3v) is 5.94. The zero-order chi connectivity index (χ0) is 23.7. The van der Waals surface area contributed by atoms with Gasteiger partial charge in [-0.3, -0.25) is 9.36 Å². The van der Waals surface area contributed by atoms with Crippen molar-refractivity contribution in [2.75, 3.05) is 33.3 Å². The normalized spacial score (nSPS) is 13.8. The quantitative estimate of drug-likeness (QED) is 0.481. The van der Waals surface area contributed by atoms with E-state index in [-0.39, 0.29) is 5.91 Å². The Kier molecular flexibility index (Phi) is 5.90. The summed E-state index contributed by atoms with van der Waals surface area (Å²) in [5, 5.41) is 3.27. The van der Waals surface area contributed by atoms with Crippen LogP contribution in [0.4, 0.5) is 4.39 Å². The fourth-order valence-electron chi connectivity index (χ4n) is 4.17. The van der Waals surface area contributed by atoms with Crippen molar-refractivity contribution in [1.82, 2.24) is 19.8 Å². The third kappa shape index (κ3) is 3.97. The largest absolute Gasteiger partial charge is 0.481 e. The van der Waals surface area contributed by atoms with Crippen molar-refractivity contribution in [1.29, 1.82) is 0 Å². The van der Waals surface area contributed by atoms with Gasteiger partial charge in [0.25, 0.3) is 5.91 Å². The number of halogens is 1. The van der Waals surface area contributed by atoms with Gasteiger partial charge in [-0.05, 0) is 36.8 Å². The Labute approximate surface area is 196 Å². The molecule has 1 aliphatic heterocycles. The molecule has 1 amide bonds. The maximum atomic E-state index is 14.1. The Bertz CT molecular complexity index is 1350. The van der Waals surface area contributed by atoms with Gasteiger partial charge in [-0.15, -0.1) is 0 Å². The van der Waals surface area contributed by atoms with E-state index in [9.17, 15) is 9.18 Å². The summed E-state index contributed by atoms with van der Waals surface area (Å²) in [6.45, 7) is 4.39. The number of aryl methyl sites for hydroxylation is 1. The summed E-state index contributed by atoms with van der Waals surface area (Å²) in [6, 6.07) is 17.6. The molecule has 34 heavy (non-hydrogen) atoms. The van der Waals surface area contributed by atoms with E-state index in [1.165, 1.54) is 19.2 Å². The number of aromatic nitrogens is 2. The average Bonchev–Trinajstić information content (AvgIpc) is 3.19. The van der Waals surface area contributed by atoms with Gasteiger partial charge in [-0.1, -0.05) is 24.3 Å². The van der Waals surface area contributed by atoms with Crippen LogP contribution in [0, 0.1) is 12.7 Å². The molecule has 0 atom stereocenters. The van der Waals surface area contributed by atoms with Crippen molar-refractivity contribution in [3.63, 3.8) is 0 Å². The number of piperazine rings is 1. The summed E-state index contributed by atoms with van der Waals surface area (Å²) in [6.07, 6.45) is 0. The summed E-state index contributed by atoms with van der Waals surface area (Å²) in [4.78, 5) is 20.3. The van der Waals surface area contributed by atoms with Gasteiger partial charge in [0.05, 0.1) is 12.6 Å². The first-order valence-corrected chi connectivity index (χ1v) is 11.2. The van der Waals surface area contributed by atoms with E-state index in [0.717, 1.165) is 11.3 Å². The Morgan fingerprint density at radius 1 is 1.06 bits per heavy atom. The predicted octanol–water partition coefficient (Wildman–Crippen LogP) is 4.32.